The van der Waals surface area contributed by atoms with Crippen molar-refractivity contribution in [2.45, 2.75) is 24.3 Å². The van der Waals surface area contributed by atoms with Crippen molar-refractivity contribution in [3.8, 4) is 0 Å². The average molecular weight is 472 g/mol. The molecule has 0 spiro atoms. The molecule has 150 valence electrons. The Labute approximate surface area is 180 Å². The highest BCUT2D eigenvalue weighted by Crippen LogP contribution is 2.27. The standard InChI is InChI=1S/C23H22BrNO3S/c1-16(26)12-18-6-11-23(25-15-18)22(14-17-4-3-5-20(24)13-17)19-7-9-21(10-8-19)29(2,27)28/h3-11,13-16,26H,12H2,1-2H3/b22-14-. The summed E-state index contributed by atoms with van der Waals surface area (Å²) in [7, 11) is -3.26. The first-order valence-electron chi connectivity index (χ1n) is 9.13. The quantitative estimate of drug-likeness (QED) is 0.526. The third kappa shape index (κ3) is 5.85. The molecule has 0 aliphatic carbocycles. The van der Waals surface area contributed by atoms with Gasteiger partial charge < -0.3 is 5.11 Å². The van der Waals surface area contributed by atoms with Crippen molar-refractivity contribution >= 4 is 37.4 Å². The van der Waals surface area contributed by atoms with Gasteiger partial charge >= 0.3 is 0 Å². The van der Waals surface area contributed by atoms with Gasteiger partial charge in [0.05, 0.1) is 16.7 Å². The zero-order chi connectivity index (χ0) is 21.0. The second-order valence-electron chi connectivity index (χ2n) is 7.01. The number of benzene rings is 2. The van der Waals surface area contributed by atoms with Crippen molar-refractivity contribution in [1.82, 2.24) is 4.98 Å². The van der Waals surface area contributed by atoms with E-state index in [9.17, 15) is 13.5 Å². The maximum Gasteiger partial charge on any atom is 0.175 e. The summed E-state index contributed by atoms with van der Waals surface area (Å²) in [6, 6.07) is 18.6. The minimum absolute atomic E-state index is 0.281. The summed E-state index contributed by atoms with van der Waals surface area (Å²) in [4.78, 5) is 4.87. The Hall–Kier alpha value is -2.28. The Bertz CT molecular complexity index is 1120. The summed E-state index contributed by atoms with van der Waals surface area (Å²) in [5.74, 6) is 0. The smallest absolute Gasteiger partial charge is 0.175 e. The molecule has 1 N–H and O–H groups in total. The molecule has 0 saturated carbocycles. The number of hydrogen-bond donors (Lipinski definition) is 1. The lowest BCUT2D eigenvalue weighted by Crippen LogP contribution is -2.05. The lowest BCUT2D eigenvalue weighted by molar-refractivity contribution is 0.195. The maximum absolute atomic E-state index is 11.8. The van der Waals surface area contributed by atoms with Gasteiger partial charge in [0.1, 0.15) is 0 Å². The molecule has 0 aliphatic heterocycles. The first-order chi connectivity index (χ1) is 13.7. The number of aliphatic hydroxyl groups is 1. The molecule has 1 unspecified atom stereocenters. The van der Waals surface area contributed by atoms with Gasteiger partial charge in [0, 0.05) is 22.5 Å². The number of pyridine rings is 1. The molecule has 0 radical (unpaired) electrons. The van der Waals surface area contributed by atoms with Crippen LogP contribution < -0.4 is 0 Å². The largest absolute Gasteiger partial charge is 0.393 e. The highest BCUT2D eigenvalue weighted by atomic mass is 79.9. The fourth-order valence-electron chi connectivity index (χ4n) is 3.00. The van der Waals surface area contributed by atoms with E-state index in [4.69, 9.17) is 0 Å². The number of rotatable bonds is 6. The maximum atomic E-state index is 11.8. The van der Waals surface area contributed by atoms with E-state index in [1.165, 1.54) is 6.26 Å². The van der Waals surface area contributed by atoms with Gasteiger partial charge in [-0.25, -0.2) is 8.42 Å². The van der Waals surface area contributed by atoms with Crippen LogP contribution in [0.3, 0.4) is 0 Å². The Morgan fingerprint density at radius 3 is 2.41 bits per heavy atom. The van der Waals surface area contributed by atoms with E-state index < -0.39 is 15.9 Å². The van der Waals surface area contributed by atoms with Crippen LogP contribution in [0.5, 0.6) is 0 Å². The highest BCUT2D eigenvalue weighted by molar-refractivity contribution is 9.10. The van der Waals surface area contributed by atoms with Gasteiger partial charge in [-0.2, -0.15) is 0 Å². The predicted octanol–water partition coefficient (Wildman–Crippen LogP) is 4.76. The van der Waals surface area contributed by atoms with E-state index in [1.54, 1.807) is 37.4 Å². The normalized spacial score (nSPS) is 13.3. The van der Waals surface area contributed by atoms with Gasteiger partial charge in [-0.05, 0) is 66.4 Å². The molecule has 3 aromatic rings. The van der Waals surface area contributed by atoms with Crippen LogP contribution in [0.2, 0.25) is 0 Å². The van der Waals surface area contributed by atoms with Crippen LogP contribution in [0.1, 0.15) is 29.3 Å². The molecular weight excluding hydrogens is 450 g/mol. The summed E-state index contributed by atoms with van der Waals surface area (Å²) < 4.78 is 24.5. The molecule has 4 nitrogen and oxygen atoms in total. The molecule has 0 fully saturated rings. The molecule has 0 saturated heterocycles. The van der Waals surface area contributed by atoms with Gasteiger partial charge in [-0.15, -0.1) is 0 Å². The summed E-state index contributed by atoms with van der Waals surface area (Å²) in [5, 5.41) is 9.58. The average Bonchev–Trinajstić information content (AvgIpc) is 2.66. The first kappa shape index (κ1) is 21.4. The molecular formula is C23H22BrNO3S. The van der Waals surface area contributed by atoms with E-state index in [1.807, 2.05) is 42.5 Å². The second kappa shape index (κ2) is 9.03. The summed E-state index contributed by atoms with van der Waals surface area (Å²) in [6.45, 7) is 1.75. The SMILES string of the molecule is CC(O)Cc1ccc(/C(=C\c2cccc(Br)c2)c2ccc(S(C)(=O)=O)cc2)nc1. The van der Waals surface area contributed by atoms with E-state index >= 15 is 0 Å². The highest BCUT2D eigenvalue weighted by Gasteiger charge is 2.11. The second-order valence-corrected chi connectivity index (χ2v) is 9.95. The molecule has 1 aromatic heterocycles. The van der Waals surface area contributed by atoms with Gasteiger partial charge in [-0.3, -0.25) is 4.98 Å². The summed E-state index contributed by atoms with van der Waals surface area (Å²) in [5.41, 5.74) is 4.47. The zero-order valence-electron chi connectivity index (χ0n) is 16.2. The Morgan fingerprint density at radius 2 is 1.86 bits per heavy atom. The number of hydrogen-bond acceptors (Lipinski definition) is 4. The molecule has 1 atom stereocenters. The lowest BCUT2D eigenvalue weighted by Gasteiger charge is -2.11. The Kier molecular flexibility index (Phi) is 6.67. The van der Waals surface area contributed by atoms with Crippen molar-refractivity contribution < 1.29 is 13.5 Å². The predicted molar refractivity (Wildman–Crippen MR) is 120 cm³/mol. The summed E-state index contributed by atoms with van der Waals surface area (Å²) in [6.07, 6.45) is 5.10. The van der Waals surface area contributed by atoms with E-state index in [0.717, 1.165) is 32.4 Å². The Morgan fingerprint density at radius 1 is 1.14 bits per heavy atom. The van der Waals surface area contributed by atoms with Gasteiger partial charge in [0.2, 0.25) is 0 Å². The minimum Gasteiger partial charge on any atom is -0.393 e. The fraction of sp³-hybridized carbons (Fsp3) is 0.174. The number of sulfone groups is 1. The van der Waals surface area contributed by atoms with Crippen LogP contribution in [0, 0.1) is 0 Å². The van der Waals surface area contributed by atoms with Crippen molar-refractivity contribution in [1.29, 1.82) is 0 Å². The first-order valence-corrected chi connectivity index (χ1v) is 11.8. The molecule has 0 aliphatic rings. The molecule has 1 heterocycles. The van der Waals surface area contributed by atoms with Crippen LogP contribution in [0.15, 0.2) is 76.2 Å². The molecule has 6 heteroatoms. The third-order valence-electron chi connectivity index (χ3n) is 4.38. The topological polar surface area (TPSA) is 67.3 Å². The molecule has 0 bridgehead atoms. The van der Waals surface area contributed by atoms with Crippen LogP contribution in [-0.4, -0.2) is 30.9 Å². The Balaban J connectivity index is 2.07. The zero-order valence-corrected chi connectivity index (χ0v) is 18.6. The number of aliphatic hydroxyl groups excluding tert-OH is 1. The summed E-state index contributed by atoms with van der Waals surface area (Å²) >= 11 is 3.49. The lowest BCUT2D eigenvalue weighted by atomic mass is 9.98. The molecule has 0 amide bonds. The van der Waals surface area contributed by atoms with Crippen LogP contribution in [0.4, 0.5) is 0 Å². The van der Waals surface area contributed by atoms with E-state index in [0.29, 0.717) is 6.42 Å². The van der Waals surface area contributed by atoms with Crippen LogP contribution in [0.25, 0.3) is 11.6 Å². The molecule has 3 rings (SSSR count). The van der Waals surface area contributed by atoms with Crippen LogP contribution >= 0.6 is 15.9 Å². The number of nitrogens with zero attached hydrogens (tertiary/aromatic N) is 1. The number of aromatic nitrogens is 1. The van der Waals surface area contributed by atoms with Gasteiger partial charge in [0.25, 0.3) is 0 Å². The molecule has 29 heavy (non-hydrogen) atoms. The van der Waals surface area contributed by atoms with Crippen molar-refractivity contribution in [2.24, 2.45) is 0 Å². The van der Waals surface area contributed by atoms with E-state index in [2.05, 4.69) is 20.9 Å². The van der Waals surface area contributed by atoms with E-state index in [-0.39, 0.29) is 4.90 Å². The minimum atomic E-state index is -3.26. The van der Waals surface area contributed by atoms with Crippen molar-refractivity contribution in [3.05, 3.63) is 93.7 Å². The van der Waals surface area contributed by atoms with Crippen molar-refractivity contribution in [3.63, 3.8) is 0 Å². The third-order valence-corrected chi connectivity index (χ3v) is 6.01. The van der Waals surface area contributed by atoms with Crippen molar-refractivity contribution in [2.75, 3.05) is 6.26 Å². The van der Waals surface area contributed by atoms with Gasteiger partial charge in [-0.1, -0.05) is 46.3 Å². The molecule has 2 aromatic carbocycles. The number of halogens is 1. The van der Waals surface area contributed by atoms with Crippen LogP contribution in [-0.2, 0) is 16.3 Å². The van der Waals surface area contributed by atoms with Gasteiger partial charge in [0.15, 0.2) is 9.84 Å². The monoisotopic (exact) mass is 471 g/mol. The fourth-order valence-corrected chi connectivity index (χ4v) is 4.04.